The van der Waals surface area contributed by atoms with Gasteiger partial charge in [-0.15, -0.1) is 10.2 Å². The van der Waals surface area contributed by atoms with Crippen molar-refractivity contribution in [3.8, 4) is 0 Å². The fourth-order valence-corrected chi connectivity index (χ4v) is 4.72. The van der Waals surface area contributed by atoms with Gasteiger partial charge in [-0.05, 0) is 43.7 Å². The lowest BCUT2D eigenvalue weighted by atomic mass is 9.98. The number of nitrogens with one attached hydrogen (secondary N) is 1. The van der Waals surface area contributed by atoms with Gasteiger partial charge in [0.2, 0.25) is 5.91 Å². The van der Waals surface area contributed by atoms with Gasteiger partial charge in [-0.25, -0.2) is 0 Å². The number of benzene rings is 2. The van der Waals surface area contributed by atoms with Crippen LogP contribution in [0.25, 0.3) is 0 Å². The van der Waals surface area contributed by atoms with Crippen molar-refractivity contribution in [2.75, 3.05) is 0 Å². The van der Waals surface area contributed by atoms with Crippen LogP contribution in [0, 0.1) is 0 Å². The van der Waals surface area contributed by atoms with Crippen molar-refractivity contribution in [2.24, 2.45) is 0 Å². The second-order valence-corrected chi connectivity index (χ2v) is 9.55. The number of carbonyl (C=O) groups is 1. The Kier molecular flexibility index (Phi) is 5.34. The van der Waals surface area contributed by atoms with E-state index in [4.69, 9.17) is 0 Å². The molecule has 2 aliphatic carbocycles. The third-order valence-corrected chi connectivity index (χ3v) is 6.81. The van der Waals surface area contributed by atoms with Gasteiger partial charge in [0.1, 0.15) is 5.82 Å². The van der Waals surface area contributed by atoms with Crippen molar-refractivity contribution in [1.82, 2.24) is 20.1 Å². The first-order valence-corrected chi connectivity index (χ1v) is 11.6. The summed E-state index contributed by atoms with van der Waals surface area (Å²) in [6, 6.07) is 20.6. The number of carbonyl (C=O) groups excluding carboxylic acids is 1. The molecule has 30 heavy (non-hydrogen) atoms. The Labute approximate surface area is 181 Å². The van der Waals surface area contributed by atoms with E-state index in [1.807, 2.05) is 43.3 Å². The lowest BCUT2D eigenvalue weighted by molar-refractivity contribution is -0.120. The molecule has 1 heterocycles. The molecule has 2 aliphatic rings. The van der Waals surface area contributed by atoms with Gasteiger partial charge in [0.25, 0.3) is 0 Å². The van der Waals surface area contributed by atoms with E-state index in [-0.39, 0.29) is 17.2 Å². The van der Waals surface area contributed by atoms with Crippen LogP contribution in [-0.2, 0) is 4.79 Å². The average molecular weight is 419 g/mol. The Morgan fingerprint density at radius 3 is 2.10 bits per heavy atom. The highest BCUT2D eigenvalue weighted by Crippen LogP contribution is 2.46. The first-order valence-electron chi connectivity index (χ1n) is 10.7. The molecule has 2 aromatic carbocycles. The number of amides is 1. The molecule has 2 saturated carbocycles. The topological polar surface area (TPSA) is 59.8 Å². The molecule has 0 saturated heterocycles. The zero-order chi connectivity index (χ0) is 20.5. The molecular formula is C24H26N4OS. The summed E-state index contributed by atoms with van der Waals surface area (Å²) in [4.78, 5) is 13.2. The lowest BCUT2D eigenvalue weighted by Gasteiger charge is -2.22. The van der Waals surface area contributed by atoms with Crippen LogP contribution in [0.5, 0.6) is 0 Å². The van der Waals surface area contributed by atoms with Crippen molar-refractivity contribution in [2.45, 2.75) is 61.0 Å². The van der Waals surface area contributed by atoms with E-state index >= 15 is 0 Å². The van der Waals surface area contributed by atoms with Crippen LogP contribution in [0.4, 0.5) is 0 Å². The smallest absolute Gasteiger partial charge is 0.234 e. The molecule has 5 rings (SSSR count). The van der Waals surface area contributed by atoms with Crippen LogP contribution in [0.1, 0.15) is 67.6 Å². The zero-order valence-corrected chi connectivity index (χ0v) is 17.9. The molecule has 1 atom stereocenters. The standard InChI is InChI=1S/C24H26N4OS/c1-16(30-24-27-26-22(19-12-13-19)28(24)20-14-15-20)23(29)25-21(17-8-4-2-5-9-17)18-10-6-3-7-11-18/h2-11,16,19-21H,12-15H2,1H3,(H,25,29). The highest BCUT2D eigenvalue weighted by molar-refractivity contribution is 8.00. The number of rotatable bonds is 8. The van der Waals surface area contributed by atoms with Gasteiger partial charge in [0.15, 0.2) is 5.16 Å². The maximum absolute atomic E-state index is 13.2. The Hall–Kier alpha value is -2.60. The first kappa shape index (κ1) is 19.4. The molecule has 2 fully saturated rings. The zero-order valence-electron chi connectivity index (χ0n) is 17.1. The van der Waals surface area contributed by atoms with Crippen molar-refractivity contribution >= 4 is 17.7 Å². The van der Waals surface area contributed by atoms with Crippen LogP contribution in [0.2, 0.25) is 0 Å². The molecule has 0 bridgehead atoms. The molecule has 1 N–H and O–H groups in total. The maximum Gasteiger partial charge on any atom is 0.234 e. The minimum absolute atomic E-state index is 0.0102. The summed E-state index contributed by atoms with van der Waals surface area (Å²) >= 11 is 1.52. The molecule has 5 nitrogen and oxygen atoms in total. The Bertz CT molecular complexity index is 973. The highest BCUT2D eigenvalue weighted by Gasteiger charge is 2.37. The average Bonchev–Trinajstić information content (AvgIpc) is 3.72. The van der Waals surface area contributed by atoms with Gasteiger partial charge in [-0.3, -0.25) is 4.79 Å². The second-order valence-electron chi connectivity index (χ2n) is 8.24. The number of nitrogens with zero attached hydrogens (tertiary/aromatic N) is 3. The number of aromatic nitrogens is 3. The van der Waals surface area contributed by atoms with E-state index in [9.17, 15) is 4.79 Å². The van der Waals surface area contributed by atoms with Crippen LogP contribution >= 0.6 is 11.8 Å². The summed E-state index contributed by atoms with van der Waals surface area (Å²) in [5.41, 5.74) is 2.15. The van der Waals surface area contributed by atoms with Gasteiger partial charge in [-0.1, -0.05) is 72.4 Å². The van der Waals surface area contributed by atoms with Crippen LogP contribution < -0.4 is 5.32 Å². The number of thioether (sulfide) groups is 1. The lowest BCUT2D eigenvalue weighted by Crippen LogP contribution is -2.35. The molecule has 1 aromatic heterocycles. The van der Waals surface area contributed by atoms with Crippen molar-refractivity contribution in [3.63, 3.8) is 0 Å². The van der Waals surface area contributed by atoms with E-state index in [1.165, 1.54) is 37.4 Å². The summed E-state index contributed by atoms with van der Waals surface area (Å²) in [6.45, 7) is 1.95. The van der Waals surface area contributed by atoms with Gasteiger partial charge >= 0.3 is 0 Å². The van der Waals surface area contributed by atoms with Crippen LogP contribution in [0.15, 0.2) is 65.8 Å². The Balaban J connectivity index is 1.34. The number of hydrogen-bond acceptors (Lipinski definition) is 4. The minimum Gasteiger partial charge on any atom is -0.344 e. The first-order chi connectivity index (χ1) is 14.7. The minimum atomic E-state index is -0.256. The summed E-state index contributed by atoms with van der Waals surface area (Å²) in [7, 11) is 0. The van der Waals surface area contributed by atoms with E-state index in [0.29, 0.717) is 12.0 Å². The molecule has 154 valence electrons. The Morgan fingerprint density at radius 1 is 0.967 bits per heavy atom. The molecule has 0 radical (unpaired) electrons. The molecule has 0 aliphatic heterocycles. The largest absolute Gasteiger partial charge is 0.344 e. The van der Waals surface area contributed by atoms with E-state index < -0.39 is 0 Å². The van der Waals surface area contributed by atoms with Gasteiger partial charge in [0.05, 0.1) is 11.3 Å². The monoisotopic (exact) mass is 418 g/mol. The second kappa shape index (κ2) is 8.26. The fraction of sp³-hybridized carbons (Fsp3) is 0.375. The molecule has 1 unspecified atom stereocenters. The molecular weight excluding hydrogens is 392 g/mol. The molecule has 3 aromatic rings. The molecule has 1 amide bonds. The summed E-state index contributed by atoms with van der Waals surface area (Å²) in [6.07, 6.45) is 4.80. The van der Waals surface area contributed by atoms with Gasteiger partial charge in [0, 0.05) is 12.0 Å². The normalized spacial score (nSPS) is 17.1. The summed E-state index contributed by atoms with van der Waals surface area (Å²) in [5, 5.41) is 12.8. The maximum atomic E-state index is 13.2. The van der Waals surface area contributed by atoms with E-state index in [1.54, 1.807) is 0 Å². The van der Waals surface area contributed by atoms with Gasteiger partial charge < -0.3 is 9.88 Å². The molecule has 0 spiro atoms. The summed E-state index contributed by atoms with van der Waals surface area (Å²) < 4.78 is 2.30. The van der Waals surface area contributed by atoms with E-state index in [2.05, 4.69) is 44.3 Å². The predicted molar refractivity (Wildman–Crippen MR) is 118 cm³/mol. The van der Waals surface area contributed by atoms with Crippen molar-refractivity contribution in [1.29, 1.82) is 0 Å². The van der Waals surface area contributed by atoms with Crippen molar-refractivity contribution in [3.05, 3.63) is 77.6 Å². The predicted octanol–water partition coefficient (Wildman–Crippen LogP) is 4.88. The molecule has 6 heteroatoms. The number of hydrogen-bond donors (Lipinski definition) is 1. The van der Waals surface area contributed by atoms with Crippen LogP contribution in [-0.4, -0.2) is 25.9 Å². The van der Waals surface area contributed by atoms with Gasteiger partial charge in [-0.2, -0.15) is 0 Å². The van der Waals surface area contributed by atoms with E-state index in [0.717, 1.165) is 22.1 Å². The third-order valence-electron chi connectivity index (χ3n) is 5.75. The quantitative estimate of drug-likeness (QED) is 0.530. The Morgan fingerprint density at radius 2 is 1.57 bits per heavy atom. The van der Waals surface area contributed by atoms with Crippen molar-refractivity contribution < 1.29 is 4.79 Å². The summed E-state index contributed by atoms with van der Waals surface area (Å²) in [5.74, 6) is 1.70. The SMILES string of the molecule is CC(Sc1nnc(C2CC2)n1C1CC1)C(=O)NC(c1ccccc1)c1ccccc1. The van der Waals surface area contributed by atoms with Crippen LogP contribution in [0.3, 0.4) is 0 Å². The third kappa shape index (κ3) is 4.15. The highest BCUT2D eigenvalue weighted by atomic mass is 32.2. The fourth-order valence-electron chi connectivity index (χ4n) is 3.79.